The quantitative estimate of drug-likeness (QED) is 0.695. The van der Waals surface area contributed by atoms with E-state index in [1.165, 1.54) is 0 Å². The molecule has 0 aromatic heterocycles. The molecule has 1 saturated heterocycles. The molecule has 0 aliphatic carbocycles. The molecule has 0 spiro atoms. The lowest BCUT2D eigenvalue weighted by molar-refractivity contribution is -0.139. The van der Waals surface area contributed by atoms with Gasteiger partial charge in [-0.1, -0.05) is 6.92 Å². The summed E-state index contributed by atoms with van der Waals surface area (Å²) in [4.78, 5) is 25.7. The molecule has 3 N–H and O–H groups in total. The second-order valence-electron chi connectivity index (χ2n) is 5.45. The van der Waals surface area contributed by atoms with Crippen molar-refractivity contribution in [1.82, 2.24) is 10.2 Å². The maximum atomic E-state index is 12.1. The Morgan fingerprint density at radius 2 is 1.90 bits per heavy atom. The lowest BCUT2D eigenvalue weighted by atomic mass is 10.0. The number of rotatable bonds is 7. The highest BCUT2D eigenvalue weighted by atomic mass is 16.5. The number of hydrogen-bond donors (Lipinski definition) is 2. The third-order valence-electron chi connectivity index (χ3n) is 3.59. The Morgan fingerprint density at radius 1 is 1.25 bits per heavy atom. The maximum absolute atomic E-state index is 12.1. The van der Waals surface area contributed by atoms with E-state index in [0.29, 0.717) is 45.2 Å². The van der Waals surface area contributed by atoms with Crippen LogP contribution in [0.1, 0.15) is 33.1 Å². The van der Waals surface area contributed by atoms with Crippen molar-refractivity contribution in [3.8, 4) is 0 Å². The minimum atomic E-state index is -0.467. The Hall–Kier alpha value is -1.14. The normalized spacial score (nSPS) is 18.4. The molecule has 116 valence electrons. The Kier molecular flexibility index (Phi) is 7.54. The first kappa shape index (κ1) is 16.9. The van der Waals surface area contributed by atoms with Crippen molar-refractivity contribution in [2.45, 2.75) is 39.2 Å². The molecule has 0 bridgehead atoms. The zero-order chi connectivity index (χ0) is 15.0. The molecule has 6 heteroatoms. The molecular formula is C14H27N3O3. The summed E-state index contributed by atoms with van der Waals surface area (Å²) < 4.78 is 5.21. The van der Waals surface area contributed by atoms with E-state index in [-0.39, 0.29) is 11.8 Å². The molecule has 20 heavy (non-hydrogen) atoms. The van der Waals surface area contributed by atoms with E-state index in [1.807, 2.05) is 0 Å². The average molecular weight is 285 g/mol. The second-order valence-corrected chi connectivity index (χ2v) is 5.45. The van der Waals surface area contributed by atoms with Crippen LogP contribution in [-0.2, 0) is 14.3 Å². The van der Waals surface area contributed by atoms with E-state index in [1.54, 1.807) is 11.8 Å². The van der Waals surface area contributed by atoms with Gasteiger partial charge in [0, 0.05) is 19.5 Å². The molecule has 1 aliphatic rings. The van der Waals surface area contributed by atoms with Gasteiger partial charge < -0.3 is 20.7 Å². The summed E-state index contributed by atoms with van der Waals surface area (Å²) in [5, 5.41) is 2.77. The fraction of sp³-hybridized carbons (Fsp3) is 0.857. The summed E-state index contributed by atoms with van der Waals surface area (Å²) in [6.07, 6.45) is 2.18. The summed E-state index contributed by atoms with van der Waals surface area (Å²) in [5.74, 6) is 0.343. The molecule has 2 atom stereocenters. The van der Waals surface area contributed by atoms with Gasteiger partial charge in [0.05, 0.1) is 13.2 Å². The molecule has 1 aliphatic heterocycles. The van der Waals surface area contributed by atoms with Crippen LogP contribution in [0.3, 0.4) is 0 Å². The molecule has 0 aromatic rings. The van der Waals surface area contributed by atoms with Crippen LogP contribution in [0.5, 0.6) is 0 Å². The van der Waals surface area contributed by atoms with E-state index in [2.05, 4.69) is 12.2 Å². The van der Waals surface area contributed by atoms with Gasteiger partial charge in [0.2, 0.25) is 11.8 Å². The van der Waals surface area contributed by atoms with E-state index in [9.17, 15) is 9.59 Å². The third-order valence-corrected chi connectivity index (χ3v) is 3.59. The Bertz CT molecular complexity index is 317. The molecule has 2 amide bonds. The van der Waals surface area contributed by atoms with Gasteiger partial charge in [0.1, 0.15) is 6.04 Å². The van der Waals surface area contributed by atoms with Crippen molar-refractivity contribution in [1.29, 1.82) is 0 Å². The SMILES string of the molecule is CC(CCN)CCC(=O)NC(C)C(=O)N1CCOCC1. The number of nitrogens with zero attached hydrogens (tertiary/aromatic N) is 1. The minimum absolute atomic E-state index is 0.0309. The van der Waals surface area contributed by atoms with Gasteiger partial charge in [-0.3, -0.25) is 9.59 Å². The van der Waals surface area contributed by atoms with Crippen molar-refractivity contribution >= 4 is 11.8 Å². The van der Waals surface area contributed by atoms with Crippen molar-refractivity contribution < 1.29 is 14.3 Å². The van der Waals surface area contributed by atoms with Crippen molar-refractivity contribution in [3.63, 3.8) is 0 Å². The number of nitrogens with one attached hydrogen (secondary N) is 1. The molecule has 0 radical (unpaired) electrons. The number of morpholine rings is 1. The number of carbonyl (C=O) groups excluding carboxylic acids is 2. The lowest BCUT2D eigenvalue weighted by Crippen LogP contribution is -2.50. The Balaban J connectivity index is 2.27. The number of carbonyl (C=O) groups is 2. The Labute approximate surface area is 121 Å². The largest absolute Gasteiger partial charge is 0.378 e. The molecule has 2 unspecified atom stereocenters. The summed E-state index contributed by atoms with van der Waals surface area (Å²) in [6, 6.07) is -0.467. The van der Waals surface area contributed by atoms with Crippen LogP contribution in [0, 0.1) is 5.92 Å². The van der Waals surface area contributed by atoms with Crippen molar-refractivity contribution in [3.05, 3.63) is 0 Å². The smallest absolute Gasteiger partial charge is 0.245 e. The first-order valence-electron chi connectivity index (χ1n) is 7.40. The van der Waals surface area contributed by atoms with Gasteiger partial charge in [0.25, 0.3) is 0 Å². The highest BCUT2D eigenvalue weighted by Gasteiger charge is 2.23. The maximum Gasteiger partial charge on any atom is 0.245 e. The van der Waals surface area contributed by atoms with E-state index in [4.69, 9.17) is 10.5 Å². The van der Waals surface area contributed by atoms with Crippen LogP contribution in [-0.4, -0.2) is 55.6 Å². The van der Waals surface area contributed by atoms with Crippen LogP contribution < -0.4 is 11.1 Å². The molecule has 0 saturated carbocycles. The summed E-state index contributed by atoms with van der Waals surface area (Å²) >= 11 is 0. The lowest BCUT2D eigenvalue weighted by Gasteiger charge is -2.29. The predicted molar refractivity (Wildman–Crippen MR) is 77.1 cm³/mol. The Morgan fingerprint density at radius 3 is 2.50 bits per heavy atom. The molecular weight excluding hydrogens is 258 g/mol. The number of amides is 2. The summed E-state index contributed by atoms with van der Waals surface area (Å²) in [6.45, 7) is 6.82. The summed E-state index contributed by atoms with van der Waals surface area (Å²) in [7, 11) is 0. The highest BCUT2D eigenvalue weighted by molar-refractivity contribution is 5.87. The van der Waals surface area contributed by atoms with Crippen LogP contribution in [0.4, 0.5) is 0 Å². The minimum Gasteiger partial charge on any atom is -0.378 e. The van der Waals surface area contributed by atoms with E-state index in [0.717, 1.165) is 12.8 Å². The molecule has 1 heterocycles. The first-order chi connectivity index (χ1) is 9.54. The van der Waals surface area contributed by atoms with Crippen LogP contribution in [0.15, 0.2) is 0 Å². The first-order valence-corrected chi connectivity index (χ1v) is 7.40. The number of ether oxygens (including phenoxy) is 1. The van der Waals surface area contributed by atoms with E-state index >= 15 is 0 Å². The fourth-order valence-corrected chi connectivity index (χ4v) is 2.24. The van der Waals surface area contributed by atoms with Crippen molar-refractivity contribution in [2.24, 2.45) is 11.7 Å². The third kappa shape index (κ3) is 5.88. The monoisotopic (exact) mass is 285 g/mol. The van der Waals surface area contributed by atoms with Crippen LogP contribution in [0.25, 0.3) is 0 Å². The molecule has 6 nitrogen and oxygen atoms in total. The zero-order valence-corrected chi connectivity index (χ0v) is 12.6. The fourth-order valence-electron chi connectivity index (χ4n) is 2.24. The van der Waals surface area contributed by atoms with Gasteiger partial charge in [-0.05, 0) is 32.2 Å². The highest BCUT2D eigenvalue weighted by Crippen LogP contribution is 2.09. The van der Waals surface area contributed by atoms with Gasteiger partial charge in [-0.2, -0.15) is 0 Å². The van der Waals surface area contributed by atoms with E-state index < -0.39 is 6.04 Å². The zero-order valence-electron chi connectivity index (χ0n) is 12.6. The van der Waals surface area contributed by atoms with Crippen LogP contribution >= 0.6 is 0 Å². The standard InChI is InChI=1S/C14H27N3O3/c1-11(5-6-15)3-4-13(18)16-12(2)14(19)17-7-9-20-10-8-17/h11-12H,3-10,15H2,1-2H3,(H,16,18). The molecule has 0 aromatic carbocycles. The topological polar surface area (TPSA) is 84.7 Å². The number of nitrogens with two attached hydrogens (primary N) is 1. The number of hydrogen-bond acceptors (Lipinski definition) is 4. The van der Waals surface area contributed by atoms with Crippen LogP contribution in [0.2, 0.25) is 0 Å². The summed E-state index contributed by atoms with van der Waals surface area (Å²) in [5.41, 5.74) is 5.48. The van der Waals surface area contributed by atoms with Crippen molar-refractivity contribution in [2.75, 3.05) is 32.8 Å². The van der Waals surface area contributed by atoms with Gasteiger partial charge in [-0.15, -0.1) is 0 Å². The predicted octanol–water partition coefficient (Wildman–Crippen LogP) is 0.115. The second kappa shape index (κ2) is 8.92. The average Bonchev–Trinajstić information content (AvgIpc) is 2.45. The van der Waals surface area contributed by atoms with Gasteiger partial charge in [0.15, 0.2) is 0 Å². The van der Waals surface area contributed by atoms with Gasteiger partial charge >= 0.3 is 0 Å². The molecule has 1 fully saturated rings. The molecule has 1 rings (SSSR count). The van der Waals surface area contributed by atoms with Gasteiger partial charge in [-0.25, -0.2) is 0 Å².